The molecule has 4 aromatic rings. The van der Waals surface area contributed by atoms with Gasteiger partial charge in [0.15, 0.2) is 0 Å². The van der Waals surface area contributed by atoms with E-state index in [2.05, 4.69) is 104 Å². The number of benzene rings is 4. The lowest BCUT2D eigenvalue weighted by Gasteiger charge is -2.24. The highest BCUT2D eigenvalue weighted by Gasteiger charge is 2.20. The van der Waals surface area contributed by atoms with E-state index in [1.54, 1.807) is 0 Å². The quantitative estimate of drug-likeness (QED) is 0.387. The standard InChI is InChI=1S/C29H27P/c1-22-20-23-12-16-25(22)17-13-24-15-19-26(18-14-23)29(21-24)30(27-8-4-2-5-9-27)28-10-6-3-7-11-28/h2-12,15-16,19-21H,13-14,17-18H2,1H3. The Morgan fingerprint density at radius 2 is 1.07 bits per heavy atom. The molecule has 4 aliphatic rings. The molecule has 0 nitrogen and oxygen atoms in total. The summed E-state index contributed by atoms with van der Waals surface area (Å²) in [5, 5.41) is 4.40. The summed E-state index contributed by atoms with van der Waals surface area (Å²) >= 11 is 0. The Labute approximate surface area is 181 Å². The third kappa shape index (κ3) is 3.98. The van der Waals surface area contributed by atoms with Gasteiger partial charge < -0.3 is 0 Å². The second-order valence-electron chi connectivity index (χ2n) is 8.23. The minimum atomic E-state index is -0.562. The minimum Gasteiger partial charge on any atom is -0.0622 e. The van der Waals surface area contributed by atoms with Crippen molar-refractivity contribution in [3.8, 4) is 0 Å². The fourth-order valence-corrected chi connectivity index (χ4v) is 7.08. The summed E-state index contributed by atoms with van der Waals surface area (Å²) in [6.07, 6.45) is 4.40. The first-order valence-electron chi connectivity index (χ1n) is 10.9. The van der Waals surface area contributed by atoms with Gasteiger partial charge in [0.05, 0.1) is 0 Å². The van der Waals surface area contributed by atoms with Crippen molar-refractivity contribution in [3.05, 3.63) is 125 Å². The Kier molecular flexibility index (Phi) is 5.52. The summed E-state index contributed by atoms with van der Waals surface area (Å²) in [4.78, 5) is 0. The molecule has 8 rings (SSSR count). The van der Waals surface area contributed by atoms with Crippen molar-refractivity contribution < 1.29 is 0 Å². The van der Waals surface area contributed by atoms with Gasteiger partial charge in [0.2, 0.25) is 0 Å². The van der Waals surface area contributed by atoms with Crippen LogP contribution >= 0.6 is 7.92 Å². The molecule has 0 unspecified atom stereocenters. The van der Waals surface area contributed by atoms with Gasteiger partial charge in [-0.2, -0.15) is 0 Å². The highest BCUT2D eigenvalue weighted by molar-refractivity contribution is 7.79. The van der Waals surface area contributed by atoms with Gasteiger partial charge in [-0.3, -0.25) is 0 Å². The molecule has 148 valence electrons. The molecule has 0 fully saturated rings. The van der Waals surface area contributed by atoms with E-state index in [0.29, 0.717) is 0 Å². The maximum Gasteiger partial charge on any atom is -0.0116 e. The molecular formula is C29H27P. The maximum atomic E-state index is 2.52. The average molecular weight is 407 g/mol. The van der Waals surface area contributed by atoms with Crippen LogP contribution in [0.5, 0.6) is 0 Å². The van der Waals surface area contributed by atoms with Crippen molar-refractivity contribution in [2.75, 3.05) is 0 Å². The zero-order valence-corrected chi connectivity index (χ0v) is 18.4. The molecule has 0 radical (unpaired) electrons. The van der Waals surface area contributed by atoms with Gasteiger partial charge in [-0.25, -0.2) is 0 Å². The van der Waals surface area contributed by atoms with E-state index in [1.807, 2.05) is 0 Å². The van der Waals surface area contributed by atoms with Gasteiger partial charge in [0.1, 0.15) is 0 Å². The molecule has 0 spiro atoms. The van der Waals surface area contributed by atoms with Gasteiger partial charge in [0, 0.05) is 0 Å². The highest BCUT2D eigenvalue weighted by atomic mass is 31.1. The summed E-state index contributed by atoms with van der Waals surface area (Å²) < 4.78 is 0. The average Bonchev–Trinajstić information content (AvgIpc) is 2.78. The zero-order valence-electron chi connectivity index (χ0n) is 17.5. The minimum absolute atomic E-state index is 0.562. The maximum absolute atomic E-state index is 2.52. The van der Waals surface area contributed by atoms with Crippen molar-refractivity contribution in [2.45, 2.75) is 32.6 Å². The molecule has 4 aliphatic carbocycles. The van der Waals surface area contributed by atoms with E-state index in [9.17, 15) is 0 Å². The predicted octanol–water partition coefficient (Wildman–Crippen LogP) is 5.64. The number of hydrogen-bond donors (Lipinski definition) is 0. The summed E-state index contributed by atoms with van der Waals surface area (Å²) in [6, 6.07) is 36.6. The highest BCUT2D eigenvalue weighted by Crippen LogP contribution is 2.35. The Bertz CT molecular complexity index is 1110. The lowest BCUT2D eigenvalue weighted by Crippen LogP contribution is -2.24. The van der Waals surface area contributed by atoms with Crippen LogP contribution in [0.15, 0.2) is 97.1 Å². The van der Waals surface area contributed by atoms with Gasteiger partial charge in [-0.1, -0.05) is 97.1 Å². The van der Waals surface area contributed by atoms with Crippen LogP contribution in [0.2, 0.25) is 0 Å². The van der Waals surface area contributed by atoms with Crippen LogP contribution in [0.4, 0.5) is 0 Å². The first kappa shape index (κ1) is 19.3. The normalized spacial score (nSPS) is 13.3. The van der Waals surface area contributed by atoms with Crippen molar-refractivity contribution in [3.63, 3.8) is 0 Å². The van der Waals surface area contributed by atoms with E-state index in [0.717, 1.165) is 25.7 Å². The van der Waals surface area contributed by atoms with Gasteiger partial charge in [-0.05, 0) is 84.3 Å². The molecule has 0 N–H and O–H groups in total. The molecule has 0 heterocycles. The van der Waals surface area contributed by atoms with Gasteiger partial charge in [-0.15, -0.1) is 0 Å². The molecule has 30 heavy (non-hydrogen) atoms. The summed E-state index contributed by atoms with van der Waals surface area (Å²) in [5.74, 6) is 0. The van der Waals surface area contributed by atoms with E-state index in [1.165, 1.54) is 43.7 Å². The molecule has 1 heteroatoms. The molecule has 0 aromatic heterocycles. The fraction of sp³-hybridized carbons (Fsp3) is 0.172. The van der Waals surface area contributed by atoms with Crippen LogP contribution in [-0.4, -0.2) is 0 Å². The molecule has 0 atom stereocenters. The Hall–Kier alpha value is -2.69. The number of hydrogen-bond acceptors (Lipinski definition) is 0. The third-order valence-electron chi connectivity index (χ3n) is 6.19. The van der Waals surface area contributed by atoms with Crippen molar-refractivity contribution in [1.29, 1.82) is 0 Å². The van der Waals surface area contributed by atoms with Crippen molar-refractivity contribution in [2.24, 2.45) is 0 Å². The van der Waals surface area contributed by atoms with Crippen LogP contribution < -0.4 is 15.9 Å². The summed E-state index contributed by atoms with van der Waals surface area (Å²) in [6.45, 7) is 2.27. The molecular weight excluding hydrogens is 379 g/mol. The van der Waals surface area contributed by atoms with Crippen molar-refractivity contribution >= 4 is 23.8 Å². The number of rotatable bonds is 3. The van der Waals surface area contributed by atoms with Crippen LogP contribution in [0.1, 0.15) is 27.8 Å². The van der Waals surface area contributed by atoms with Crippen LogP contribution in [0.3, 0.4) is 0 Å². The predicted molar refractivity (Wildman–Crippen MR) is 131 cm³/mol. The van der Waals surface area contributed by atoms with Crippen molar-refractivity contribution in [1.82, 2.24) is 0 Å². The fourth-order valence-electron chi connectivity index (χ4n) is 4.52. The first-order chi connectivity index (χ1) is 14.8. The van der Waals surface area contributed by atoms with Crippen LogP contribution in [0, 0.1) is 6.92 Å². The lowest BCUT2D eigenvalue weighted by molar-refractivity contribution is 0.917. The van der Waals surface area contributed by atoms with Gasteiger partial charge >= 0.3 is 0 Å². The van der Waals surface area contributed by atoms with Crippen LogP contribution in [0.25, 0.3) is 0 Å². The summed E-state index contributed by atoms with van der Waals surface area (Å²) in [5.41, 5.74) is 7.34. The van der Waals surface area contributed by atoms with E-state index < -0.39 is 7.92 Å². The topological polar surface area (TPSA) is 0 Å². The Morgan fingerprint density at radius 3 is 1.67 bits per heavy atom. The smallest absolute Gasteiger partial charge is 0.0116 e. The molecule has 0 saturated heterocycles. The summed E-state index contributed by atoms with van der Waals surface area (Å²) in [7, 11) is -0.562. The third-order valence-corrected chi connectivity index (χ3v) is 8.72. The van der Waals surface area contributed by atoms with Crippen LogP contribution in [-0.2, 0) is 25.7 Å². The lowest BCUT2D eigenvalue weighted by atomic mass is 9.94. The first-order valence-corrected chi connectivity index (χ1v) is 12.2. The second kappa shape index (κ2) is 8.58. The monoisotopic (exact) mass is 406 g/mol. The second-order valence-corrected chi connectivity index (χ2v) is 10.4. The van der Waals surface area contributed by atoms with E-state index >= 15 is 0 Å². The zero-order chi connectivity index (χ0) is 20.3. The molecule has 0 amide bonds. The largest absolute Gasteiger partial charge is 0.0622 e. The Morgan fingerprint density at radius 1 is 0.533 bits per heavy atom. The molecule has 4 aromatic carbocycles. The van der Waals surface area contributed by atoms with E-state index in [4.69, 9.17) is 0 Å². The SMILES string of the molecule is Cc1cc2ccc1CCc1ccc(c(P(c3ccccc3)c3ccccc3)c1)CC2. The molecule has 0 saturated carbocycles. The Balaban J connectivity index is 1.64. The molecule has 0 aliphatic heterocycles. The number of aryl methyl sites for hydroxylation is 5. The van der Waals surface area contributed by atoms with E-state index in [-0.39, 0.29) is 0 Å². The molecule has 4 bridgehead atoms. The van der Waals surface area contributed by atoms with Gasteiger partial charge in [0.25, 0.3) is 0 Å².